The zero-order valence-electron chi connectivity index (χ0n) is 21.2. The third kappa shape index (κ3) is 3.54. The minimum absolute atomic E-state index is 0.363. The van der Waals surface area contributed by atoms with E-state index in [9.17, 15) is 4.79 Å². The van der Waals surface area contributed by atoms with Crippen LogP contribution >= 0.6 is 0 Å². The summed E-state index contributed by atoms with van der Waals surface area (Å²) in [7, 11) is 1.39. The molecule has 9 heteroatoms. The highest BCUT2D eigenvalue weighted by atomic mass is 16.5. The van der Waals surface area contributed by atoms with Gasteiger partial charge in [-0.05, 0) is 80.8 Å². The van der Waals surface area contributed by atoms with Crippen LogP contribution in [-0.4, -0.2) is 42.4 Å². The largest absolute Gasteiger partial charge is 0.465 e. The quantitative estimate of drug-likeness (QED) is 0.402. The van der Waals surface area contributed by atoms with E-state index in [-0.39, 0.29) is 0 Å². The molecule has 4 bridgehead atoms. The molecule has 4 saturated carbocycles. The molecular formula is C28H31N7O2. The van der Waals surface area contributed by atoms with Crippen LogP contribution in [0.2, 0.25) is 0 Å². The summed E-state index contributed by atoms with van der Waals surface area (Å²) in [4.78, 5) is 26.5. The number of nitrogens with zero attached hydrogens (tertiary/aromatic N) is 6. The van der Waals surface area contributed by atoms with Crippen LogP contribution in [0.3, 0.4) is 0 Å². The highest BCUT2D eigenvalue weighted by Crippen LogP contribution is 2.60. The minimum atomic E-state index is -0.448. The van der Waals surface area contributed by atoms with Crippen molar-refractivity contribution in [3.63, 3.8) is 0 Å². The monoisotopic (exact) mass is 497 g/mol. The average Bonchev–Trinajstić information content (AvgIpc) is 3.46. The third-order valence-corrected chi connectivity index (χ3v) is 9.05. The van der Waals surface area contributed by atoms with Gasteiger partial charge in [0, 0.05) is 29.6 Å². The lowest BCUT2D eigenvalue weighted by Crippen LogP contribution is -2.48. The summed E-state index contributed by atoms with van der Waals surface area (Å²) < 4.78 is 9.15. The van der Waals surface area contributed by atoms with Crippen LogP contribution in [0.15, 0.2) is 37.1 Å². The Labute approximate surface area is 215 Å². The average molecular weight is 498 g/mol. The Morgan fingerprint density at radius 3 is 2.41 bits per heavy atom. The van der Waals surface area contributed by atoms with Gasteiger partial charge in [0.25, 0.3) is 0 Å². The molecule has 0 radical (unpaired) electrons. The van der Waals surface area contributed by atoms with E-state index in [0.29, 0.717) is 33.5 Å². The smallest absolute Gasteiger partial charge is 0.340 e. The molecule has 4 heterocycles. The molecule has 0 atom stereocenters. The van der Waals surface area contributed by atoms with Gasteiger partial charge in [-0.3, -0.25) is 9.25 Å². The van der Waals surface area contributed by atoms with Crippen molar-refractivity contribution >= 4 is 23.0 Å². The Kier molecular flexibility index (Phi) is 4.93. The predicted octanol–water partition coefficient (Wildman–Crippen LogP) is 4.57. The van der Waals surface area contributed by atoms with E-state index in [4.69, 9.17) is 20.6 Å². The molecule has 4 aromatic heterocycles. The maximum absolute atomic E-state index is 13.1. The number of nitrogen functional groups attached to an aromatic ring is 1. The van der Waals surface area contributed by atoms with E-state index in [2.05, 4.69) is 21.6 Å². The summed E-state index contributed by atoms with van der Waals surface area (Å²) in [5.41, 5.74) is 10.9. The number of carbonyl (C=O) groups is 1. The molecule has 0 aromatic carbocycles. The molecule has 0 saturated heterocycles. The van der Waals surface area contributed by atoms with Crippen LogP contribution < -0.4 is 5.73 Å². The maximum Gasteiger partial charge on any atom is 0.340 e. The Bertz CT molecular complexity index is 1480. The molecule has 4 fully saturated rings. The highest BCUT2D eigenvalue weighted by molar-refractivity contribution is 6.07. The summed E-state index contributed by atoms with van der Waals surface area (Å²) in [6, 6.07) is 3.56. The number of fused-ring (bicyclic) bond motifs is 1. The summed E-state index contributed by atoms with van der Waals surface area (Å²) in [5, 5.41) is 4.83. The highest BCUT2D eigenvalue weighted by Gasteiger charge is 2.51. The van der Waals surface area contributed by atoms with Gasteiger partial charge >= 0.3 is 5.97 Å². The molecule has 9 nitrogen and oxygen atoms in total. The second kappa shape index (κ2) is 8.13. The lowest BCUT2D eigenvalue weighted by atomic mass is 9.49. The normalized spacial score (nSPS) is 26.2. The van der Waals surface area contributed by atoms with Crippen molar-refractivity contribution in [2.24, 2.45) is 23.2 Å². The fourth-order valence-electron chi connectivity index (χ4n) is 7.87. The van der Waals surface area contributed by atoms with Gasteiger partial charge in [-0.1, -0.05) is 0 Å². The zero-order chi connectivity index (χ0) is 25.3. The van der Waals surface area contributed by atoms with Crippen LogP contribution in [0.4, 0.5) is 5.82 Å². The fourth-order valence-corrected chi connectivity index (χ4v) is 7.87. The number of hydrogen-bond acceptors (Lipinski definition) is 7. The van der Waals surface area contributed by atoms with Gasteiger partial charge < -0.3 is 10.5 Å². The third-order valence-electron chi connectivity index (χ3n) is 9.05. The SMILES string of the molecule is COC(=O)c1c(-c2cnn(CC34CC5CC(CC(C5)C3)C4)c2C)cnc2c1ncn2-c1ccc(N)nc1. The molecule has 37 heavy (non-hydrogen) atoms. The Hall–Kier alpha value is -3.75. The number of rotatable bonds is 5. The van der Waals surface area contributed by atoms with Crippen molar-refractivity contribution in [3.8, 4) is 16.8 Å². The number of aromatic nitrogens is 6. The van der Waals surface area contributed by atoms with Crippen molar-refractivity contribution in [3.05, 3.63) is 48.3 Å². The van der Waals surface area contributed by atoms with Crippen LogP contribution in [0.25, 0.3) is 28.0 Å². The van der Waals surface area contributed by atoms with Crippen molar-refractivity contribution in [1.29, 1.82) is 0 Å². The number of carbonyl (C=O) groups excluding carboxylic acids is 1. The van der Waals surface area contributed by atoms with E-state index >= 15 is 0 Å². The Morgan fingerprint density at radius 1 is 1.03 bits per heavy atom. The Morgan fingerprint density at radius 2 is 1.76 bits per heavy atom. The standard InChI is InChI=1S/C28H31N7O2/c1-16-21(13-33-35(16)14-28-8-17-5-18(9-28)7-19(6-17)10-28)22-12-31-26-25(24(22)27(36)37-2)32-15-34(26)20-3-4-23(29)30-11-20/h3-4,11-13,15,17-19H,5-10,14H2,1-2H3,(H2,29,30). The molecule has 190 valence electrons. The summed E-state index contributed by atoms with van der Waals surface area (Å²) in [5.74, 6) is 2.66. The van der Waals surface area contributed by atoms with Crippen LogP contribution in [-0.2, 0) is 11.3 Å². The molecule has 4 aromatic rings. The van der Waals surface area contributed by atoms with E-state index in [1.807, 2.05) is 12.3 Å². The van der Waals surface area contributed by atoms with Gasteiger partial charge in [0.2, 0.25) is 0 Å². The fraction of sp³-hybridized carbons (Fsp3) is 0.464. The van der Waals surface area contributed by atoms with Gasteiger partial charge in [-0.2, -0.15) is 5.10 Å². The maximum atomic E-state index is 13.1. The van der Waals surface area contributed by atoms with Crippen LogP contribution in [0.5, 0.6) is 0 Å². The number of ether oxygens (including phenoxy) is 1. The number of pyridine rings is 2. The molecule has 0 spiro atoms. The summed E-state index contributed by atoms with van der Waals surface area (Å²) >= 11 is 0. The summed E-state index contributed by atoms with van der Waals surface area (Å²) in [6.07, 6.45) is 15.2. The van der Waals surface area contributed by atoms with Gasteiger partial charge in [-0.25, -0.2) is 19.7 Å². The first-order valence-electron chi connectivity index (χ1n) is 13.1. The molecule has 8 rings (SSSR count). The second-order valence-electron chi connectivity index (χ2n) is 11.5. The van der Waals surface area contributed by atoms with Crippen molar-refractivity contribution < 1.29 is 9.53 Å². The molecule has 0 amide bonds. The first-order valence-corrected chi connectivity index (χ1v) is 13.1. The van der Waals surface area contributed by atoms with Crippen LogP contribution in [0.1, 0.15) is 54.6 Å². The summed E-state index contributed by atoms with van der Waals surface area (Å²) in [6.45, 7) is 3.04. The van der Waals surface area contributed by atoms with Gasteiger partial charge in [0.15, 0.2) is 5.65 Å². The second-order valence-corrected chi connectivity index (χ2v) is 11.5. The number of anilines is 1. The number of methoxy groups -OCH3 is 1. The lowest BCUT2D eigenvalue weighted by molar-refractivity contribution is -0.0638. The van der Waals surface area contributed by atoms with Crippen molar-refractivity contribution in [2.45, 2.75) is 52.0 Å². The van der Waals surface area contributed by atoms with E-state index in [1.54, 1.807) is 29.4 Å². The van der Waals surface area contributed by atoms with Gasteiger partial charge in [-0.15, -0.1) is 0 Å². The topological polar surface area (TPSA) is 114 Å². The molecule has 4 aliphatic rings. The molecule has 0 aliphatic heterocycles. The zero-order valence-corrected chi connectivity index (χ0v) is 21.2. The van der Waals surface area contributed by atoms with Crippen molar-refractivity contribution in [2.75, 3.05) is 12.8 Å². The first-order chi connectivity index (χ1) is 17.9. The Balaban J connectivity index is 1.28. The van der Waals surface area contributed by atoms with E-state index in [1.165, 1.54) is 45.6 Å². The molecule has 2 N–H and O–H groups in total. The van der Waals surface area contributed by atoms with Crippen molar-refractivity contribution in [1.82, 2.24) is 29.3 Å². The number of esters is 1. The number of hydrogen-bond donors (Lipinski definition) is 1. The van der Waals surface area contributed by atoms with Gasteiger partial charge in [0.05, 0.1) is 30.8 Å². The first kappa shape index (κ1) is 22.4. The number of imidazole rings is 1. The minimum Gasteiger partial charge on any atom is -0.465 e. The number of nitrogens with two attached hydrogens (primary N) is 1. The predicted molar refractivity (Wildman–Crippen MR) is 139 cm³/mol. The molecule has 0 unspecified atom stereocenters. The molecular weight excluding hydrogens is 466 g/mol. The van der Waals surface area contributed by atoms with Gasteiger partial charge in [0.1, 0.15) is 17.7 Å². The lowest BCUT2D eigenvalue weighted by Gasteiger charge is -2.56. The van der Waals surface area contributed by atoms with Crippen LogP contribution in [0, 0.1) is 30.1 Å². The molecule has 4 aliphatic carbocycles. The van der Waals surface area contributed by atoms with E-state index in [0.717, 1.165) is 41.2 Å². The van der Waals surface area contributed by atoms with E-state index < -0.39 is 5.97 Å².